The van der Waals surface area contributed by atoms with Gasteiger partial charge in [0, 0.05) is 24.4 Å². The number of ether oxygens (including phenoxy) is 3. The van der Waals surface area contributed by atoms with Crippen LogP contribution in [0.25, 0.3) is 0 Å². The van der Waals surface area contributed by atoms with Crippen molar-refractivity contribution in [1.82, 2.24) is 5.32 Å². The summed E-state index contributed by atoms with van der Waals surface area (Å²) in [4.78, 5) is 12.2. The lowest BCUT2D eigenvalue weighted by Gasteiger charge is -2.14. The van der Waals surface area contributed by atoms with Crippen molar-refractivity contribution in [3.05, 3.63) is 48.0 Å². The van der Waals surface area contributed by atoms with E-state index in [0.29, 0.717) is 17.2 Å². The molecule has 9 heteroatoms. The van der Waals surface area contributed by atoms with Crippen molar-refractivity contribution in [2.24, 2.45) is 0 Å². The number of hydrogen-bond acceptors (Lipinski definition) is 7. The molecule has 27 heavy (non-hydrogen) atoms. The molecular formula is C18H19NO7S. The van der Waals surface area contributed by atoms with Gasteiger partial charge in [-0.2, -0.15) is 0 Å². The minimum atomic E-state index is -3.40. The van der Waals surface area contributed by atoms with Crippen molar-refractivity contribution in [2.75, 3.05) is 26.2 Å². The van der Waals surface area contributed by atoms with Crippen LogP contribution in [-0.2, 0) is 9.84 Å². The Morgan fingerprint density at radius 2 is 2.00 bits per heavy atom. The zero-order chi connectivity index (χ0) is 19.4. The van der Waals surface area contributed by atoms with Crippen LogP contribution in [0, 0.1) is 0 Å². The number of hydrogen-bond donors (Lipinski definition) is 2. The van der Waals surface area contributed by atoms with Crippen molar-refractivity contribution in [1.29, 1.82) is 0 Å². The predicted octanol–water partition coefficient (Wildman–Crippen LogP) is 0.988. The molecule has 0 fully saturated rings. The first kappa shape index (κ1) is 19.0. The molecule has 0 aliphatic carbocycles. The summed E-state index contributed by atoms with van der Waals surface area (Å²) in [5.41, 5.74) is 0.196. The Bertz CT molecular complexity index is 942. The number of carbonyl (C=O) groups is 1. The van der Waals surface area contributed by atoms with Gasteiger partial charge in [-0.25, -0.2) is 8.42 Å². The van der Waals surface area contributed by atoms with E-state index >= 15 is 0 Å². The topological polar surface area (TPSA) is 111 Å². The lowest BCUT2D eigenvalue weighted by atomic mass is 10.2. The fourth-order valence-electron chi connectivity index (χ4n) is 2.40. The Kier molecular flexibility index (Phi) is 5.52. The van der Waals surface area contributed by atoms with E-state index in [4.69, 9.17) is 14.2 Å². The van der Waals surface area contributed by atoms with E-state index in [1.54, 1.807) is 18.2 Å². The molecule has 2 aromatic carbocycles. The van der Waals surface area contributed by atoms with Crippen LogP contribution in [0.3, 0.4) is 0 Å². The van der Waals surface area contributed by atoms with Gasteiger partial charge in [0.25, 0.3) is 5.91 Å². The van der Waals surface area contributed by atoms with E-state index in [2.05, 4.69) is 5.32 Å². The Balaban J connectivity index is 1.50. The molecule has 0 radical (unpaired) electrons. The number of sulfone groups is 1. The van der Waals surface area contributed by atoms with Crippen LogP contribution in [0.1, 0.15) is 10.4 Å². The molecular weight excluding hydrogens is 374 g/mol. The molecule has 1 amide bonds. The number of fused-ring (bicyclic) bond motifs is 1. The maximum atomic E-state index is 12.1. The van der Waals surface area contributed by atoms with Crippen molar-refractivity contribution in [3.63, 3.8) is 0 Å². The van der Waals surface area contributed by atoms with Crippen molar-refractivity contribution in [2.45, 2.75) is 11.0 Å². The third-order valence-electron chi connectivity index (χ3n) is 3.81. The summed E-state index contributed by atoms with van der Waals surface area (Å²) in [6.45, 7) is 0.0732. The number of carbonyl (C=O) groups excluding carboxylic acids is 1. The van der Waals surface area contributed by atoms with Crippen LogP contribution in [0.2, 0.25) is 0 Å². The summed E-state index contributed by atoms with van der Waals surface area (Å²) in [7, 11) is -3.40. The van der Waals surface area contributed by atoms with Crippen molar-refractivity contribution >= 4 is 15.7 Å². The third kappa shape index (κ3) is 4.89. The molecule has 3 rings (SSSR count). The maximum absolute atomic E-state index is 12.1. The van der Waals surface area contributed by atoms with Gasteiger partial charge in [0.1, 0.15) is 18.5 Å². The summed E-state index contributed by atoms with van der Waals surface area (Å²) in [6.07, 6.45) is 0.124. The number of aliphatic hydroxyl groups excluding tert-OH is 1. The molecule has 0 aromatic heterocycles. The van der Waals surface area contributed by atoms with Gasteiger partial charge in [0.15, 0.2) is 21.3 Å². The summed E-state index contributed by atoms with van der Waals surface area (Å²) in [5, 5.41) is 12.5. The molecule has 1 unspecified atom stereocenters. The zero-order valence-corrected chi connectivity index (χ0v) is 15.4. The molecule has 2 aromatic rings. The van der Waals surface area contributed by atoms with E-state index in [0.717, 1.165) is 6.26 Å². The quantitative estimate of drug-likeness (QED) is 0.721. The first-order valence-corrected chi connectivity index (χ1v) is 10.0. The van der Waals surface area contributed by atoms with E-state index in [1.807, 2.05) is 0 Å². The standard InChI is InChI=1S/C18H19NO7S/c1-27(22,23)15-4-2-3-12(7-15)18(21)19-9-13(20)10-24-14-5-6-16-17(8-14)26-11-25-16/h2-8,13,20H,9-11H2,1H3,(H,19,21). The number of nitrogens with one attached hydrogen (secondary N) is 1. The molecule has 2 N–H and O–H groups in total. The van der Waals surface area contributed by atoms with Crippen LogP contribution in [-0.4, -0.2) is 51.7 Å². The smallest absolute Gasteiger partial charge is 0.251 e. The van der Waals surface area contributed by atoms with Crippen LogP contribution in [0.15, 0.2) is 47.4 Å². The molecule has 1 heterocycles. The molecule has 0 bridgehead atoms. The third-order valence-corrected chi connectivity index (χ3v) is 4.92. The monoisotopic (exact) mass is 393 g/mol. The van der Waals surface area contributed by atoms with E-state index in [-0.39, 0.29) is 30.4 Å². The van der Waals surface area contributed by atoms with E-state index in [1.165, 1.54) is 24.3 Å². The van der Waals surface area contributed by atoms with Gasteiger partial charge in [-0.05, 0) is 30.3 Å². The van der Waals surface area contributed by atoms with Gasteiger partial charge in [0.2, 0.25) is 6.79 Å². The van der Waals surface area contributed by atoms with Crippen molar-refractivity contribution < 1.29 is 32.5 Å². The SMILES string of the molecule is CS(=O)(=O)c1cccc(C(=O)NCC(O)COc2ccc3c(c2)OCO3)c1. The average Bonchev–Trinajstić information content (AvgIpc) is 3.11. The minimum Gasteiger partial charge on any atom is -0.491 e. The number of amides is 1. The zero-order valence-electron chi connectivity index (χ0n) is 14.5. The largest absolute Gasteiger partial charge is 0.491 e. The lowest BCUT2D eigenvalue weighted by molar-refractivity contribution is 0.0843. The highest BCUT2D eigenvalue weighted by Gasteiger charge is 2.16. The highest BCUT2D eigenvalue weighted by Crippen LogP contribution is 2.35. The van der Waals surface area contributed by atoms with Gasteiger partial charge in [0.05, 0.1) is 4.90 Å². The fourth-order valence-corrected chi connectivity index (χ4v) is 3.07. The molecule has 1 aliphatic rings. The number of rotatable bonds is 7. The Morgan fingerprint density at radius 1 is 1.22 bits per heavy atom. The lowest BCUT2D eigenvalue weighted by Crippen LogP contribution is -2.35. The molecule has 1 atom stereocenters. The maximum Gasteiger partial charge on any atom is 0.251 e. The highest BCUT2D eigenvalue weighted by atomic mass is 32.2. The average molecular weight is 393 g/mol. The van der Waals surface area contributed by atoms with Gasteiger partial charge >= 0.3 is 0 Å². The van der Waals surface area contributed by atoms with E-state index < -0.39 is 21.8 Å². The first-order chi connectivity index (χ1) is 12.8. The second kappa shape index (κ2) is 7.85. The molecule has 1 aliphatic heterocycles. The van der Waals surface area contributed by atoms with Crippen LogP contribution < -0.4 is 19.5 Å². The Labute approximate surface area is 156 Å². The van der Waals surface area contributed by atoms with Gasteiger partial charge in [-0.1, -0.05) is 6.07 Å². The molecule has 0 saturated heterocycles. The minimum absolute atomic E-state index is 0.0384. The van der Waals surface area contributed by atoms with Gasteiger partial charge < -0.3 is 24.6 Å². The summed E-state index contributed by atoms with van der Waals surface area (Å²) in [6, 6.07) is 10.8. The predicted molar refractivity (Wildman–Crippen MR) is 96.0 cm³/mol. The Morgan fingerprint density at radius 3 is 2.78 bits per heavy atom. The highest BCUT2D eigenvalue weighted by molar-refractivity contribution is 7.90. The number of benzene rings is 2. The second-order valence-electron chi connectivity index (χ2n) is 5.99. The van der Waals surface area contributed by atoms with Gasteiger partial charge in [-0.15, -0.1) is 0 Å². The summed E-state index contributed by atoms with van der Waals surface area (Å²) < 4.78 is 39.0. The number of aliphatic hydroxyl groups is 1. The first-order valence-electron chi connectivity index (χ1n) is 8.12. The summed E-state index contributed by atoms with van der Waals surface area (Å²) >= 11 is 0. The molecule has 0 spiro atoms. The van der Waals surface area contributed by atoms with Crippen LogP contribution in [0.4, 0.5) is 0 Å². The molecule has 144 valence electrons. The normalized spacial score (nSPS) is 13.9. The summed E-state index contributed by atoms with van der Waals surface area (Å²) in [5.74, 6) is 1.22. The van der Waals surface area contributed by atoms with Gasteiger partial charge in [-0.3, -0.25) is 4.79 Å². The van der Waals surface area contributed by atoms with E-state index in [9.17, 15) is 18.3 Å². The van der Waals surface area contributed by atoms with Crippen LogP contribution >= 0.6 is 0 Å². The van der Waals surface area contributed by atoms with Crippen molar-refractivity contribution in [3.8, 4) is 17.2 Å². The fraction of sp³-hybridized carbons (Fsp3) is 0.278. The molecule has 0 saturated carbocycles. The Hall–Kier alpha value is -2.78. The molecule has 8 nitrogen and oxygen atoms in total. The second-order valence-corrected chi connectivity index (χ2v) is 8.01. The van der Waals surface area contributed by atoms with Crippen LogP contribution in [0.5, 0.6) is 17.2 Å².